The largest absolute Gasteiger partial charge is 0.506 e. The van der Waals surface area contributed by atoms with E-state index in [1.165, 1.54) is 0 Å². The summed E-state index contributed by atoms with van der Waals surface area (Å²) in [4.78, 5) is 6.48. The van der Waals surface area contributed by atoms with Crippen LogP contribution in [0.5, 0.6) is 5.75 Å². The van der Waals surface area contributed by atoms with E-state index in [0.717, 1.165) is 11.4 Å². The quantitative estimate of drug-likeness (QED) is 0.839. The second-order valence-electron chi connectivity index (χ2n) is 6.41. The second-order valence-corrected chi connectivity index (χ2v) is 6.41. The number of alkyl halides is 1. The average Bonchev–Trinajstić information content (AvgIpc) is 3.09. The molecule has 1 aliphatic heterocycles. The molecule has 2 aromatic heterocycles. The lowest BCUT2D eigenvalue weighted by Crippen LogP contribution is -2.37. The molecule has 0 radical (unpaired) electrons. The van der Waals surface area contributed by atoms with E-state index in [-0.39, 0.29) is 11.8 Å². The van der Waals surface area contributed by atoms with Crippen molar-refractivity contribution < 1.29 is 9.50 Å². The minimum Gasteiger partial charge on any atom is -0.506 e. The van der Waals surface area contributed by atoms with E-state index in [9.17, 15) is 9.50 Å². The van der Waals surface area contributed by atoms with Crippen molar-refractivity contribution in [2.45, 2.75) is 38.6 Å². The third-order valence-electron chi connectivity index (χ3n) is 4.53. The summed E-state index contributed by atoms with van der Waals surface area (Å²) in [5.41, 5.74) is 2.57. The van der Waals surface area contributed by atoms with Crippen molar-refractivity contribution in [1.29, 1.82) is 0 Å². The molecule has 0 amide bonds. The fraction of sp³-hybridized carbons (Fsp3) is 0.529. The Morgan fingerprint density at radius 1 is 1.38 bits per heavy atom. The van der Waals surface area contributed by atoms with Crippen molar-refractivity contribution in [2.75, 3.05) is 13.1 Å². The first-order chi connectivity index (χ1) is 11.5. The summed E-state index contributed by atoms with van der Waals surface area (Å²) >= 11 is 0. The van der Waals surface area contributed by atoms with Gasteiger partial charge in [0.15, 0.2) is 0 Å². The molecule has 1 fully saturated rings. The number of hydrogen-bond acceptors (Lipinski definition) is 5. The number of aryl methyl sites for hydroxylation is 2. The maximum atomic E-state index is 13.9. The standard InChI is InChI=1S/C17H24FN5O/c1-12-3-4-17(24)16(21-12)9-19-8-15-7-13(18)10-23(15)11-14-5-6-20-22(14)2/h3-6,13,15,19,24H,7-11H2,1-2H3/t13-,15-/m0/s1. The molecule has 1 saturated heterocycles. The normalized spacial score (nSPS) is 21.5. The van der Waals surface area contributed by atoms with Crippen molar-refractivity contribution in [3.05, 3.63) is 41.5 Å². The highest BCUT2D eigenvalue weighted by Crippen LogP contribution is 2.22. The maximum absolute atomic E-state index is 13.9. The van der Waals surface area contributed by atoms with Crippen molar-refractivity contribution >= 4 is 0 Å². The highest BCUT2D eigenvalue weighted by molar-refractivity contribution is 5.27. The molecule has 2 aromatic rings. The van der Waals surface area contributed by atoms with Gasteiger partial charge in [0.2, 0.25) is 0 Å². The van der Waals surface area contributed by atoms with Crippen LogP contribution in [-0.4, -0.2) is 50.1 Å². The molecule has 3 heterocycles. The average molecular weight is 333 g/mol. The Labute approximate surface area is 141 Å². The van der Waals surface area contributed by atoms with Crippen molar-refractivity contribution in [1.82, 2.24) is 25.0 Å². The van der Waals surface area contributed by atoms with Crippen molar-refractivity contribution in [2.24, 2.45) is 7.05 Å². The summed E-state index contributed by atoms with van der Waals surface area (Å²) in [6.07, 6.45) is 1.49. The first-order valence-corrected chi connectivity index (χ1v) is 8.24. The van der Waals surface area contributed by atoms with Crippen LogP contribution in [0.25, 0.3) is 0 Å². The zero-order valence-electron chi connectivity index (χ0n) is 14.1. The molecular formula is C17H24FN5O. The molecule has 24 heavy (non-hydrogen) atoms. The molecule has 0 saturated carbocycles. The summed E-state index contributed by atoms with van der Waals surface area (Å²) < 4.78 is 15.7. The fourth-order valence-electron chi connectivity index (χ4n) is 3.18. The van der Waals surface area contributed by atoms with Gasteiger partial charge in [-0.1, -0.05) is 0 Å². The number of halogens is 1. The molecule has 2 atom stereocenters. The minimum atomic E-state index is -0.796. The van der Waals surface area contributed by atoms with Gasteiger partial charge in [0, 0.05) is 51.2 Å². The third kappa shape index (κ3) is 3.91. The lowest BCUT2D eigenvalue weighted by atomic mass is 10.2. The maximum Gasteiger partial charge on any atom is 0.138 e. The van der Waals surface area contributed by atoms with E-state index in [1.807, 2.05) is 24.7 Å². The SMILES string of the molecule is Cc1ccc(O)c(CNC[C@@H]2C[C@H](F)CN2Cc2ccnn2C)n1. The first kappa shape index (κ1) is 16.9. The molecule has 3 rings (SSSR count). The van der Waals surface area contributed by atoms with Gasteiger partial charge in [0.25, 0.3) is 0 Å². The Kier molecular flexibility index (Phi) is 5.11. The third-order valence-corrected chi connectivity index (χ3v) is 4.53. The van der Waals surface area contributed by atoms with Gasteiger partial charge in [-0.15, -0.1) is 0 Å². The number of likely N-dealkylation sites (tertiary alicyclic amines) is 1. The first-order valence-electron chi connectivity index (χ1n) is 8.24. The van der Waals surface area contributed by atoms with Crippen molar-refractivity contribution in [3.63, 3.8) is 0 Å². The molecule has 6 nitrogen and oxygen atoms in total. The second kappa shape index (κ2) is 7.27. The number of rotatable bonds is 6. The van der Waals surface area contributed by atoms with Crippen LogP contribution in [-0.2, 0) is 20.1 Å². The molecule has 1 aliphatic rings. The van der Waals surface area contributed by atoms with Crippen LogP contribution in [0.2, 0.25) is 0 Å². The van der Waals surface area contributed by atoms with E-state index >= 15 is 0 Å². The van der Waals surface area contributed by atoms with Gasteiger partial charge < -0.3 is 10.4 Å². The predicted octanol–water partition coefficient (Wildman–Crippen LogP) is 1.53. The Morgan fingerprint density at radius 2 is 2.21 bits per heavy atom. The topological polar surface area (TPSA) is 66.2 Å². The molecule has 2 N–H and O–H groups in total. The van der Waals surface area contributed by atoms with E-state index < -0.39 is 6.17 Å². The Hall–Kier alpha value is -1.99. The van der Waals surface area contributed by atoms with Crippen LogP contribution in [0.15, 0.2) is 24.4 Å². The molecule has 0 bridgehead atoms. The van der Waals surface area contributed by atoms with Gasteiger partial charge in [-0.2, -0.15) is 5.10 Å². The lowest BCUT2D eigenvalue weighted by Gasteiger charge is -2.24. The fourth-order valence-corrected chi connectivity index (χ4v) is 3.18. The van der Waals surface area contributed by atoms with Crippen LogP contribution >= 0.6 is 0 Å². The minimum absolute atomic E-state index is 0.127. The predicted molar refractivity (Wildman–Crippen MR) is 89.3 cm³/mol. The van der Waals surface area contributed by atoms with Crippen LogP contribution in [0.4, 0.5) is 4.39 Å². The summed E-state index contributed by atoms with van der Waals surface area (Å²) in [7, 11) is 1.90. The molecule has 0 spiro atoms. The molecule has 130 valence electrons. The number of aromatic hydroxyl groups is 1. The molecule has 0 unspecified atom stereocenters. The zero-order chi connectivity index (χ0) is 17.1. The van der Waals surface area contributed by atoms with Crippen LogP contribution < -0.4 is 5.32 Å². The lowest BCUT2D eigenvalue weighted by molar-refractivity contribution is 0.224. The van der Waals surface area contributed by atoms with Crippen molar-refractivity contribution in [3.8, 4) is 5.75 Å². The van der Waals surface area contributed by atoms with Gasteiger partial charge in [0.05, 0.1) is 11.4 Å². The van der Waals surface area contributed by atoms with Gasteiger partial charge in [-0.25, -0.2) is 4.39 Å². The number of nitrogens with one attached hydrogen (secondary N) is 1. The Bertz CT molecular complexity index is 689. The molecule has 7 heteroatoms. The van der Waals surface area contributed by atoms with Crippen LogP contribution in [0.3, 0.4) is 0 Å². The smallest absolute Gasteiger partial charge is 0.138 e. The number of pyridine rings is 1. The highest BCUT2D eigenvalue weighted by atomic mass is 19.1. The van der Waals surface area contributed by atoms with E-state index in [0.29, 0.717) is 38.3 Å². The molecule has 0 aromatic carbocycles. The zero-order valence-corrected chi connectivity index (χ0v) is 14.1. The van der Waals surface area contributed by atoms with Gasteiger partial charge in [-0.05, 0) is 31.5 Å². The van der Waals surface area contributed by atoms with E-state index in [4.69, 9.17) is 0 Å². The summed E-state index contributed by atoms with van der Waals surface area (Å²) in [6.45, 7) is 4.17. The molecule has 0 aliphatic carbocycles. The summed E-state index contributed by atoms with van der Waals surface area (Å²) in [5.74, 6) is 0.189. The monoisotopic (exact) mass is 333 g/mol. The van der Waals surface area contributed by atoms with Gasteiger partial charge in [0.1, 0.15) is 11.9 Å². The van der Waals surface area contributed by atoms with Crippen LogP contribution in [0.1, 0.15) is 23.5 Å². The Morgan fingerprint density at radius 3 is 2.96 bits per heavy atom. The molecular weight excluding hydrogens is 309 g/mol. The Balaban J connectivity index is 1.56. The van der Waals surface area contributed by atoms with E-state index in [2.05, 4.69) is 20.3 Å². The van der Waals surface area contributed by atoms with Gasteiger partial charge >= 0.3 is 0 Å². The van der Waals surface area contributed by atoms with E-state index in [1.54, 1.807) is 18.3 Å². The number of hydrogen-bond donors (Lipinski definition) is 2. The van der Waals surface area contributed by atoms with Crippen LogP contribution in [0, 0.1) is 6.92 Å². The summed E-state index contributed by atoms with van der Waals surface area (Å²) in [6, 6.07) is 5.52. The summed E-state index contributed by atoms with van der Waals surface area (Å²) in [5, 5.41) is 17.3. The number of nitrogens with zero attached hydrogens (tertiary/aromatic N) is 4. The highest BCUT2D eigenvalue weighted by Gasteiger charge is 2.32. The number of aromatic nitrogens is 3. The van der Waals surface area contributed by atoms with Gasteiger partial charge in [-0.3, -0.25) is 14.6 Å².